The Morgan fingerprint density at radius 1 is 0.956 bits per heavy atom. The van der Waals surface area contributed by atoms with Gasteiger partial charge in [-0.2, -0.15) is 18.0 Å². The first-order valence-electron chi connectivity index (χ1n) is 22.0. The summed E-state index contributed by atoms with van der Waals surface area (Å²) >= 11 is 0. The monoisotopic (exact) mass is 953 g/mol. The van der Waals surface area contributed by atoms with E-state index in [1.54, 1.807) is 25.1 Å². The van der Waals surface area contributed by atoms with Gasteiger partial charge in [0.15, 0.2) is 11.6 Å². The van der Waals surface area contributed by atoms with Gasteiger partial charge >= 0.3 is 10.2 Å². The fraction of sp³-hybridized carbons (Fsp3) is 0.370. The lowest BCUT2D eigenvalue weighted by molar-refractivity contribution is -0.134. The lowest BCUT2D eigenvalue weighted by Crippen LogP contribution is -2.52. The summed E-state index contributed by atoms with van der Waals surface area (Å²) in [6.07, 6.45) is 4.68. The Hall–Kier alpha value is -7.22. The van der Waals surface area contributed by atoms with Crippen LogP contribution < -0.4 is 35.3 Å². The number of fused-ring (bicyclic) bond motifs is 1. The number of nitriles is 1. The van der Waals surface area contributed by atoms with E-state index in [0.717, 1.165) is 16.4 Å². The number of halogens is 2. The molecule has 3 aromatic carbocycles. The Bertz CT molecular complexity index is 2970. The summed E-state index contributed by atoms with van der Waals surface area (Å²) in [7, 11) is -1.22. The fourth-order valence-corrected chi connectivity index (χ4v) is 9.42. The number of imide groups is 1. The van der Waals surface area contributed by atoms with E-state index in [-0.39, 0.29) is 59.6 Å². The Balaban J connectivity index is 0.853. The molecular formula is C46H49F2N11O8S. The highest BCUT2D eigenvalue weighted by Gasteiger charge is 2.31. The molecule has 3 fully saturated rings. The summed E-state index contributed by atoms with van der Waals surface area (Å²) in [6, 6.07) is 14.0. The molecule has 3 saturated heterocycles. The highest BCUT2D eigenvalue weighted by atomic mass is 32.2. The molecule has 5 heterocycles. The van der Waals surface area contributed by atoms with Crippen LogP contribution in [-0.2, 0) is 24.6 Å². The zero-order valence-electron chi connectivity index (χ0n) is 37.5. The summed E-state index contributed by atoms with van der Waals surface area (Å²) in [5, 5.41) is 15.3. The number of nitrogens with one attached hydrogen (secondary N) is 3. The third-order valence-electron chi connectivity index (χ3n) is 12.5. The van der Waals surface area contributed by atoms with Crippen LogP contribution >= 0.6 is 0 Å². The first kappa shape index (κ1) is 47.3. The third kappa shape index (κ3) is 10.0. The maximum absolute atomic E-state index is 15.5. The molecule has 3 aliphatic heterocycles. The molecule has 19 nitrogen and oxygen atoms in total. The maximum Gasteiger partial charge on any atom is 0.301 e. The number of likely N-dealkylation sites (tertiary alicyclic amines) is 1. The number of carbonyl (C=O) groups is 3. The van der Waals surface area contributed by atoms with Gasteiger partial charge in [0.25, 0.3) is 5.56 Å². The van der Waals surface area contributed by atoms with E-state index < -0.39 is 45.1 Å². The van der Waals surface area contributed by atoms with Crippen LogP contribution in [-0.4, -0.2) is 127 Å². The molecule has 0 saturated carbocycles. The van der Waals surface area contributed by atoms with Crippen molar-refractivity contribution < 1.29 is 41.1 Å². The van der Waals surface area contributed by atoms with Gasteiger partial charge in [0.05, 0.1) is 47.8 Å². The number of aromatic nitrogens is 3. The zero-order chi connectivity index (χ0) is 48.3. The van der Waals surface area contributed by atoms with Gasteiger partial charge in [-0.1, -0.05) is 6.92 Å². The van der Waals surface area contributed by atoms with Crippen LogP contribution in [0.25, 0.3) is 16.6 Å². The number of carbonyl (C=O) groups excluding carboxylic acids is 3. The van der Waals surface area contributed by atoms with Crippen LogP contribution in [0.2, 0.25) is 0 Å². The molecule has 0 spiro atoms. The number of benzene rings is 3. The molecule has 5 aromatic rings. The van der Waals surface area contributed by atoms with Crippen LogP contribution in [0.15, 0.2) is 71.9 Å². The minimum atomic E-state index is -4.04. The number of hydrogen-bond acceptors (Lipinski definition) is 14. The molecule has 1 unspecified atom stereocenters. The van der Waals surface area contributed by atoms with Crippen molar-refractivity contribution in [3.8, 4) is 29.0 Å². The van der Waals surface area contributed by atoms with Crippen molar-refractivity contribution in [1.29, 1.82) is 5.26 Å². The van der Waals surface area contributed by atoms with Gasteiger partial charge in [-0.3, -0.25) is 38.7 Å². The topological polar surface area (TPSA) is 224 Å². The molecule has 356 valence electrons. The van der Waals surface area contributed by atoms with Gasteiger partial charge in [-0.15, -0.1) is 0 Å². The molecule has 68 heavy (non-hydrogen) atoms. The van der Waals surface area contributed by atoms with Crippen molar-refractivity contribution >= 4 is 56.0 Å². The van der Waals surface area contributed by atoms with Crippen LogP contribution in [0.1, 0.15) is 49.7 Å². The van der Waals surface area contributed by atoms with Gasteiger partial charge in [0, 0.05) is 52.3 Å². The van der Waals surface area contributed by atoms with E-state index in [0.29, 0.717) is 92.6 Å². The van der Waals surface area contributed by atoms with Crippen molar-refractivity contribution in [1.82, 2.24) is 34.0 Å². The Labute approximate surface area is 390 Å². The Morgan fingerprint density at radius 3 is 2.40 bits per heavy atom. The maximum atomic E-state index is 15.5. The zero-order valence-corrected chi connectivity index (χ0v) is 38.3. The van der Waals surface area contributed by atoms with Gasteiger partial charge in [-0.05, 0) is 92.4 Å². The van der Waals surface area contributed by atoms with E-state index in [9.17, 15) is 32.9 Å². The minimum absolute atomic E-state index is 0.00578. The minimum Gasteiger partial charge on any atom is -0.495 e. The lowest BCUT2D eigenvalue weighted by Gasteiger charge is -2.37. The summed E-state index contributed by atoms with van der Waals surface area (Å²) in [6.45, 7) is 5.28. The van der Waals surface area contributed by atoms with E-state index in [2.05, 4.69) is 35.1 Å². The number of hydrogen-bond donors (Lipinski definition) is 3. The molecule has 3 amide bonds. The fourth-order valence-electron chi connectivity index (χ4n) is 8.48. The smallest absolute Gasteiger partial charge is 0.301 e. The average molecular weight is 954 g/mol. The average Bonchev–Trinajstić information content (AvgIpc) is 3.34. The third-order valence-corrected chi connectivity index (χ3v) is 14.1. The second-order valence-electron chi connectivity index (χ2n) is 16.6. The standard InChI is InChI=1S/C46H49F2N11O8S/c1-4-55(2)68(64,65)54-37-9-7-34(47)44(33(37)24-49)67-30-6-8-36-32(21-30)46(63)59(27-51-36)29-5-11-41(50-25-29)57-17-19-58(20-18-57)43(61)26-56-15-13-28(14-16-56)31-22-40(66-3)39(23-35(31)48)52-38-10-12-42(60)53-45(38)62/h5-9,11,21-23,25,27-28,38,52,54H,4,10,12-20,26H2,1-3H3,(H,53,60,62). The second-order valence-corrected chi connectivity index (χ2v) is 18.4. The SMILES string of the molecule is CCN(C)S(=O)(=O)Nc1ccc(F)c(Oc2ccc3ncn(-c4ccc(N5CCN(C(=O)CN6CCC(c7cc(OC)c(NC8CCC(=O)NC8=O)cc7F)CC6)CC5)nc4)c(=O)c3c2)c1C#N. The number of anilines is 3. The molecule has 2 aromatic heterocycles. The van der Waals surface area contributed by atoms with E-state index in [1.165, 1.54) is 55.5 Å². The van der Waals surface area contributed by atoms with Crippen molar-refractivity contribution in [3.05, 3.63) is 100 Å². The number of ether oxygens (including phenoxy) is 2. The molecule has 0 radical (unpaired) electrons. The highest BCUT2D eigenvalue weighted by Crippen LogP contribution is 2.37. The second kappa shape index (κ2) is 19.9. The summed E-state index contributed by atoms with van der Waals surface area (Å²) < 4.78 is 71.9. The van der Waals surface area contributed by atoms with Gasteiger partial charge in [0.2, 0.25) is 17.7 Å². The number of methoxy groups -OCH3 is 1. The highest BCUT2D eigenvalue weighted by molar-refractivity contribution is 7.90. The summed E-state index contributed by atoms with van der Waals surface area (Å²) in [5.41, 5.74) is 0.558. The molecular weight excluding hydrogens is 905 g/mol. The number of amides is 3. The van der Waals surface area contributed by atoms with E-state index >= 15 is 8.78 Å². The Kier molecular flexibility index (Phi) is 13.9. The largest absolute Gasteiger partial charge is 0.495 e. The van der Waals surface area contributed by atoms with Crippen LogP contribution in [0.4, 0.5) is 26.0 Å². The molecule has 22 heteroatoms. The van der Waals surface area contributed by atoms with Crippen molar-refractivity contribution in [2.24, 2.45) is 0 Å². The van der Waals surface area contributed by atoms with Crippen molar-refractivity contribution in [2.75, 3.05) is 81.5 Å². The first-order chi connectivity index (χ1) is 32.7. The molecule has 1 atom stereocenters. The van der Waals surface area contributed by atoms with Crippen LogP contribution in [0.5, 0.6) is 17.2 Å². The van der Waals surface area contributed by atoms with Gasteiger partial charge in [-0.25, -0.2) is 18.7 Å². The molecule has 8 rings (SSSR count). The molecule has 3 N–H and O–H groups in total. The number of piperazine rings is 1. The number of piperidine rings is 2. The summed E-state index contributed by atoms with van der Waals surface area (Å²) in [5.74, 6) is -1.67. The molecule has 3 aliphatic rings. The lowest BCUT2D eigenvalue weighted by atomic mass is 9.88. The quantitative estimate of drug-likeness (QED) is 0.134. The van der Waals surface area contributed by atoms with Crippen molar-refractivity contribution in [2.45, 2.75) is 44.6 Å². The predicted molar refractivity (Wildman–Crippen MR) is 247 cm³/mol. The van der Waals surface area contributed by atoms with E-state index in [4.69, 9.17) is 9.47 Å². The Morgan fingerprint density at radius 2 is 1.72 bits per heavy atom. The first-order valence-corrected chi connectivity index (χ1v) is 23.4. The van der Waals surface area contributed by atoms with Gasteiger partial charge in [0.1, 0.15) is 47.1 Å². The normalized spacial score (nSPS) is 17.2. The predicted octanol–water partition coefficient (Wildman–Crippen LogP) is 4.09. The number of nitrogens with zero attached hydrogens (tertiary/aromatic N) is 8. The van der Waals surface area contributed by atoms with Crippen molar-refractivity contribution in [3.63, 3.8) is 0 Å². The van der Waals surface area contributed by atoms with Gasteiger partial charge < -0.3 is 24.6 Å². The molecule has 0 bridgehead atoms. The molecule has 0 aliphatic carbocycles. The van der Waals surface area contributed by atoms with Crippen LogP contribution in [0.3, 0.4) is 0 Å². The summed E-state index contributed by atoms with van der Waals surface area (Å²) in [4.78, 5) is 66.0. The van der Waals surface area contributed by atoms with Crippen LogP contribution in [0, 0.1) is 23.0 Å². The number of pyridine rings is 1. The van der Waals surface area contributed by atoms with E-state index in [1.807, 2.05) is 11.0 Å². The number of rotatable bonds is 14.